The Morgan fingerprint density at radius 2 is 1.80 bits per heavy atom. The van der Waals surface area contributed by atoms with E-state index in [1.165, 1.54) is 0 Å². The highest BCUT2D eigenvalue weighted by molar-refractivity contribution is 5.99. The molecule has 0 aliphatic carbocycles. The number of halogens is 1. The van der Waals surface area contributed by atoms with Crippen LogP contribution in [0.2, 0.25) is 0 Å². The second-order valence-electron chi connectivity index (χ2n) is 5.68. The molecule has 5 heteroatoms. The standard InChI is InChI=1S/C20H17NO3.BrH/c1-3-24-19-7-4-13-11-18-16-6-5-15(23-2)10-14(16)8-9-21(18)12-17(13)20(19)22;/h4-12H,3H2,1-2H3;1H. The number of aromatic nitrogens is 1. The highest BCUT2D eigenvalue weighted by atomic mass is 79.9. The summed E-state index contributed by atoms with van der Waals surface area (Å²) in [5.41, 5.74) is 1.08. The minimum atomic E-state index is 0. The lowest BCUT2D eigenvalue weighted by Gasteiger charge is -2.08. The van der Waals surface area contributed by atoms with Gasteiger partial charge >= 0.3 is 0 Å². The highest BCUT2D eigenvalue weighted by Crippen LogP contribution is 2.35. The van der Waals surface area contributed by atoms with Gasteiger partial charge in [0.05, 0.1) is 24.5 Å². The third kappa shape index (κ3) is 2.85. The number of hydrogen-bond acceptors (Lipinski definition) is 3. The SMILES string of the molecule is CCOc1ccc2cc3c4ccc(OC)cc4cc[n+]3cc2c1O.[Br-]. The summed E-state index contributed by atoms with van der Waals surface area (Å²) in [4.78, 5) is 0. The molecule has 0 saturated carbocycles. The van der Waals surface area contributed by atoms with Gasteiger partial charge in [0.15, 0.2) is 23.9 Å². The van der Waals surface area contributed by atoms with E-state index in [0.717, 1.165) is 32.8 Å². The van der Waals surface area contributed by atoms with Crippen molar-refractivity contribution < 1.29 is 36.0 Å². The van der Waals surface area contributed by atoms with Crippen LogP contribution in [0.15, 0.2) is 54.9 Å². The van der Waals surface area contributed by atoms with Crippen LogP contribution in [0.4, 0.5) is 0 Å². The first-order valence-electron chi connectivity index (χ1n) is 7.91. The average molecular weight is 400 g/mol. The van der Waals surface area contributed by atoms with Gasteiger partial charge in [0.25, 0.3) is 0 Å². The molecular weight excluding hydrogens is 382 g/mol. The molecule has 128 valence electrons. The van der Waals surface area contributed by atoms with Crippen molar-refractivity contribution in [1.82, 2.24) is 0 Å². The summed E-state index contributed by atoms with van der Waals surface area (Å²) < 4.78 is 12.8. The van der Waals surface area contributed by atoms with Gasteiger partial charge in [0.1, 0.15) is 5.75 Å². The van der Waals surface area contributed by atoms with Crippen molar-refractivity contribution in [3.63, 3.8) is 0 Å². The van der Waals surface area contributed by atoms with Crippen LogP contribution in [-0.4, -0.2) is 18.8 Å². The Morgan fingerprint density at radius 3 is 2.56 bits per heavy atom. The van der Waals surface area contributed by atoms with Gasteiger partial charge in [-0.05, 0) is 48.0 Å². The van der Waals surface area contributed by atoms with E-state index in [1.54, 1.807) is 7.11 Å². The molecule has 0 atom stereocenters. The molecule has 2 aromatic heterocycles. The summed E-state index contributed by atoms with van der Waals surface area (Å²) in [6.45, 7) is 2.42. The topological polar surface area (TPSA) is 42.8 Å². The van der Waals surface area contributed by atoms with Gasteiger partial charge in [-0.3, -0.25) is 0 Å². The van der Waals surface area contributed by atoms with Crippen molar-refractivity contribution in [2.24, 2.45) is 0 Å². The molecule has 1 N–H and O–H groups in total. The number of ether oxygens (including phenoxy) is 2. The summed E-state index contributed by atoms with van der Waals surface area (Å²) in [6, 6.07) is 14.0. The van der Waals surface area contributed by atoms with Crippen LogP contribution < -0.4 is 30.9 Å². The molecular formula is C20H18BrNO3. The third-order valence-electron chi connectivity index (χ3n) is 4.30. The van der Waals surface area contributed by atoms with E-state index in [-0.39, 0.29) is 22.7 Å². The number of methoxy groups -OCH3 is 1. The average Bonchev–Trinajstić information content (AvgIpc) is 2.62. The van der Waals surface area contributed by atoms with Crippen molar-refractivity contribution in [1.29, 1.82) is 0 Å². The number of nitrogens with zero attached hydrogens (tertiary/aromatic N) is 1. The fraction of sp³-hybridized carbons (Fsp3) is 0.150. The van der Waals surface area contributed by atoms with E-state index < -0.39 is 0 Å². The van der Waals surface area contributed by atoms with Crippen molar-refractivity contribution in [2.75, 3.05) is 13.7 Å². The minimum absolute atomic E-state index is 0. The van der Waals surface area contributed by atoms with Crippen LogP contribution in [0.3, 0.4) is 0 Å². The van der Waals surface area contributed by atoms with E-state index in [1.807, 2.05) is 54.0 Å². The second kappa shape index (κ2) is 6.76. The number of phenolic OH excluding ortho intramolecular Hbond substituents is 1. The minimum Gasteiger partial charge on any atom is -1.00 e. The summed E-state index contributed by atoms with van der Waals surface area (Å²) in [5.74, 6) is 1.53. The molecule has 0 fully saturated rings. The van der Waals surface area contributed by atoms with Crippen LogP contribution in [0, 0.1) is 0 Å². The van der Waals surface area contributed by atoms with Crippen LogP contribution in [-0.2, 0) is 0 Å². The maximum atomic E-state index is 10.5. The van der Waals surface area contributed by atoms with E-state index in [2.05, 4.69) is 12.1 Å². The first-order chi connectivity index (χ1) is 11.7. The second-order valence-corrected chi connectivity index (χ2v) is 5.68. The maximum absolute atomic E-state index is 10.5. The quantitative estimate of drug-likeness (QED) is 0.315. The fourth-order valence-corrected chi connectivity index (χ4v) is 3.11. The Morgan fingerprint density at radius 1 is 1.00 bits per heavy atom. The van der Waals surface area contributed by atoms with Crippen molar-refractivity contribution >= 4 is 27.1 Å². The molecule has 0 aliphatic heterocycles. The zero-order chi connectivity index (χ0) is 16.7. The first kappa shape index (κ1) is 17.3. The molecule has 2 aromatic carbocycles. The molecule has 0 bridgehead atoms. The largest absolute Gasteiger partial charge is 1.00 e. The van der Waals surface area contributed by atoms with Crippen molar-refractivity contribution in [2.45, 2.75) is 6.92 Å². The molecule has 0 amide bonds. The fourth-order valence-electron chi connectivity index (χ4n) is 3.11. The third-order valence-corrected chi connectivity index (χ3v) is 4.30. The van der Waals surface area contributed by atoms with Crippen LogP contribution in [0.1, 0.15) is 6.92 Å². The summed E-state index contributed by atoms with van der Waals surface area (Å²) in [6.07, 6.45) is 3.93. The zero-order valence-corrected chi connectivity index (χ0v) is 15.6. The summed E-state index contributed by atoms with van der Waals surface area (Å²) in [5, 5.41) is 14.5. The van der Waals surface area contributed by atoms with E-state index >= 15 is 0 Å². The van der Waals surface area contributed by atoms with Gasteiger partial charge in [-0.2, -0.15) is 4.40 Å². The Hall–Kier alpha value is -2.53. The normalized spacial score (nSPS) is 10.8. The number of hydrogen-bond donors (Lipinski definition) is 1. The Balaban J connectivity index is 0.00000182. The number of rotatable bonds is 3. The van der Waals surface area contributed by atoms with E-state index in [4.69, 9.17) is 9.47 Å². The smallest absolute Gasteiger partial charge is 0.219 e. The van der Waals surface area contributed by atoms with E-state index in [9.17, 15) is 5.11 Å². The molecule has 0 unspecified atom stereocenters. The van der Waals surface area contributed by atoms with Gasteiger partial charge in [-0.1, -0.05) is 0 Å². The van der Waals surface area contributed by atoms with Gasteiger partial charge in [-0.25, -0.2) is 0 Å². The predicted molar refractivity (Wildman–Crippen MR) is 94.0 cm³/mol. The number of fused-ring (bicyclic) bond motifs is 4. The number of benzene rings is 2. The number of phenols is 1. The Bertz CT molecular complexity index is 1080. The highest BCUT2D eigenvalue weighted by Gasteiger charge is 2.15. The van der Waals surface area contributed by atoms with Gasteiger partial charge < -0.3 is 31.6 Å². The lowest BCUT2D eigenvalue weighted by Crippen LogP contribution is -3.00. The van der Waals surface area contributed by atoms with Crippen molar-refractivity contribution in [3.05, 3.63) is 54.9 Å². The lowest BCUT2D eigenvalue weighted by atomic mass is 10.1. The maximum Gasteiger partial charge on any atom is 0.219 e. The molecule has 4 aromatic rings. The molecule has 0 saturated heterocycles. The Labute approximate surface area is 156 Å². The lowest BCUT2D eigenvalue weighted by molar-refractivity contribution is -0.509. The first-order valence-corrected chi connectivity index (χ1v) is 7.91. The van der Waals surface area contributed by atoms with E-state index in [0.29, 0.717) is 12.4 Å². The number of pyridine rings is 2. The van der Waals surface area contributed by atoms with Crippen LogP contribution in [0.5, 0.6) is 17.2 Å². The molecule has 4 rings (SSSR count). The number of aromatic hydroxyl groups is 1. The zero-order valence-electron chi connectivity index (χ0n) is 14.0. The van der Waals surface area contributed by atoms with Crippen LogP contribution in [0.25, 0.3) is 27.1 Å². The van der Waals surface area contributed by atoms with Crippen LogP contribution >= 0.6 is 0 Å². The molecule has 0 aliphatic rings. The van der Waals surface area contributed by atoms with Gasteiger partial charge in [-0.15, -0.1) is 0 Å². The molecule has 2 heterocycles. The summed E-state index contributed by atoms with van der Waals surface area (Å²) >= 11 is 0. The monoisotopic (exact) mass is 399 g/mol. The molecule has 0 radical (unpaired) electrons. The van der Waals surface area contributed by atoms with Gasteiger partial charge in [0.2, 0.25) is 5.52 Å². The Kier molecular flexibility index (Phi) is 4.68. The molecule has 25 heavy (non-hydrogen) atoms. The summed E-state index contributed by atoms with van der Waals surface area (Å²) in [7, 11) is 1.67. The molecule has 4 nitrogen and oxygen atoms in total. The molecule has 0 spiro atoms. The van der Waals surface area contributed by atoms with Crippen molar-refractivity contribution in [3.8, 4) is 17.2 Å². The van der Waals surface area contributed by atoms with Gasteiger partial charge in [0, 0.05) is 12.1 Å². The predicted octanol–water partition coefficient (Wildman–Crippen LogP) is 0.849.